The number of rotatable bonds is 8. The van der Waals surface area contributed by atoms with E-state index >= 15 is 0 Å². The summed E-state index contributed by atoms with van der Waals surface area (Å²) in [5.74, 6) is -1.71. The van der Waals surface area contributed by atoms with E-state index in [2.05, 4.69) is 26.0 Å². The normalized spacial score (nSPS) is 30.1. The lowest BCUT2D eigenvalue weighted by atomic mass is 9.78. The lowest BCUT2D eigenvalue weighted by Crippen LogP contribution is -2.55. The van der Waals surface area contributed by atoms with Crippen LogP contribution < -0.4 is 0 Å². The Morgan fingerprint density at radius 3 is 2.36 bits per heavy atom. The molecular formula is C34H39N3O4S. The Morgan fingerprint density at radius 1 is 0.952 bits per heavy atom. The summed E-state index contributed by atoms with van der Waals surface area (Å²) >= 11 is 1.58. The first kappa shape index (κ1) is 28.7. The zero-order valence-electron chi connectivity index (χ0n) is 24.2. The summed E-state index contributed by atoms with van der Waals surface area (Å²) in [6.07, 6.45) is 9.98. The number of hydrogen-bond acceptors (Lipinski definition) is 5. The number of nitrogens with zero attached hydrogens (tertiary/aromatic N) is 3. The number of hydrogen-bond donors (Lipinski definition) is 1. The number of amides is 3. The number of carbonyl (C=O) groups excluding carboxylic acids is 3. The Labute approximate surface area is 252 Å². The van der Waals surface area contributed by atoms with Crippen LogP contribution in [0.25, 0.3) is 0 Å². The molecule has 2 unspecified atom stereocenters. The van der Waals surface area contributed by atoms with E-state index in [0.717, 1.165) is 24.0 Å². The van der Waals surface area contributed by atoms with Gasteiger partial charge in [0, 0.05) is 30.9 Å². The highest BCUT2D eigenvalue weighted by molar-refractivity contribution is 8.02. The van der Waals surface area contributed by atoms with Crippen LogP contribution in [0.5, 0.6) is 0 Å². The Balaban J connectivity index is 1.45. The van der Waals surface area contributed by atoms with Crippen molar-refractivity contribution in [3.05, 3.63) is 96.1 Å². The molecule has 0 saturated carbocycles. The van der Waals surface area contributed by atoms with Crippen molar-refractivity contribution < 1.29 is 19.5 Å². The molecule has 3 amide bonds. The molecule has 0 aliphatic carbocycles. The van der Waals surface area contributed by atoms with Gasteiger partial charge in [-0.1, -0.05) is 98.3 Å². The van der Waals surface area contributed by atoms with Gasteiger partial charge in [-0.15, -0.1) is 11.8 Å². The summed E-state index contributed by atoms with van der Waals surface area (Å²) in [5.41, 5.74) is 1.81. The molecule has 8 heteroatoms. The van der Waals surface area contributed by atoms with E-state index in [1.54, 1.807) is 16.7 Å². The lowest BCUT2D eigenvalue weighted by Gasteiger charge is -2.40. The molecule has 2 fully saturated rings. The van der Waals surface area contributed by atoms with Crippen molar-refractivity contribution in [2.75, 3.05) is 19.7 Å². The zero-order valence-corrected chi connectivity index (χ0v) is 25.0. The van der Waals surface area contributed by atoms with E-state index in [0.29, 0.717) is 19.6 Å². The number of thioether (sulfide) groups is 1. The number of likely N-dealkylation sites (tertiary alicyclic amines) is 1. The van der Waals surface area contributed by atoms with E-state index < -0.39 is 28.7 Å². The first-order valence-electron chi connectivity index (χ1n) is 15.0. The van der Waals surface area contributed by atoms with Crippen LogP contribution in [-0.4, -0.2) is 79.3 Å². The predicted molar refractivity (Wildman–Crippen MR) is 164 cm³/mol. The Hall–Kier alpha value is -3.36. The van der Waals surface area contributed by atoms with Gasteiger partial charge < -0.3 is 19.8 Å². The van der Waals surface area contributed by atoms with Crippen molar-refractivity contribution in [1.29, 1.82) is 0 Å². The highest BCUT2D eigenvalue weighted by Crippen LogP contribution is 2.62. The number of aliphatic hydroxyl groups excluding tert-OH is 1. The summed E-state index contributed by atoms with van der Waals surface area (Å²) in [6, 6.07) is 17.8. The van der Waals surface area contributed by atoms with Crippen molar-refractivity contribution in [3.63, 3.8) is 0 Å². The summed E-state index contributed by atoms with van der Waals surface area (Å²) in [5, 5.41) is 10.5. The second kappa shape index (κ2) is 11.7. The zero-order chi connectivity index (χ0) is 29.4. The number of fused-ring (bicyclic) bond motifs is 2. The van der Waals surface area contributed by atoms with Gasteiger partial charge in [0.1, 0.15) is 6.04 Å². The Morgan fingerprint density at radius 2 is 1.67 bits per heavy atom. The molecule has 4 heterocycles. The average Bonchev–Trinajstić information content (AvgIpc) is 3.32. The van der Waals surface area contributed by atoms with Gasteiger partial charge in [0.2, 0.25) is 17.7 Å². The monoisotopic (exact) mass is 585 g/mol. The number of aliphatic hydroxyl groups is 1. The van der Waals surface area contributed by atoms with E-state index in [1.807, 2.05) is 82.6 Å². The van der Waals surface area contributed by atoms with Crippen LogP contribution in [0.15, 0.2) is 85.0 Å². The van der Waals surface area contributed by atoms with Gasteiger partial charge in [-0.25, -0.2) is 0 Å². The molecular weight excluding hydrogens is 546 g/mol. The Bertz CT molecular complexity index is 1380. The molecule has 7 atom stereocenters. The predicted octanol–water partition coefficient (Wildman–Crippen LogP) is 4.20. The number of benzene rings is 2. The van der Waals surface area contributed by atoms with Crippen molar-refractivity contribution in [1.82, 2.24) is 14.7 Å². The van der Waals surface area contributed by atoms with Gasteiger partial charge in [0.25, 0.3) is 0 Å². The summed E-state index contributed by atoms with van der Waals surface area (Å²) < 4.78 is -0.915. The first-order valence-corrected chi connectivity index (χ1v) is 15.9. The standard InChI is InChI=1S/C34H39N3O4S/c1-3-12-23(2)36-20-11-18-34-29(32(40)37(30(34)33(36)41)26(22-38)25-15-8-5-9-16-25)28-27(42-34)17-10-19-35(31(28)39)21-24-13-6-4-7-14-24/h4-11,13-18,23,26-30,38H,3,12,19-22H2,1-2H3/t23?,26-,27-,28+,29+,30?,34+/m1/s1. The van der Waals surface area contributed by atoms with E-state index in [1.165, 1.54) is 0 Å². The molecule has 220 valence electrons. The van der Waals surface area contributed by atoms with Crippen LogP contribution in [0.1, 0.15) is 43.9 Å². The fourth-order valence-electron chi connectivity index (χ4n) is 7.43. The van der Waals surface area contributed by atoms with E-state index in [9.17, 15) is 19.5 Å². The van der Waals surface area contributed by atoms with E-state index in [-0.39, 0.29) is 35.6 Å². The van der Waals surface area contributed by atoms with Gasteiger partial charge in [-0.3, -0.25) is 14.4 Å². The van der Waals surface area contributed by atoms with Gasteiger partial charge in [-0.2, -0.15) is 0 Å². The third-order valence-electron chi connectivity index (χ3n) is 9.36. The fourth-order valence-corrected chi connectivity index (χ4v) is 9.42. The molecule has 2 aromatic carbocycles. The van der Waals surface area contributed by atoms with Gasteiger partial charge >= 0.3 is 0 Å². The minimum Gasteiger partial charge on any atom is -0.394 e. The van der Waals surface area contributed by atoms with Gasteiger partial charge in [-0.05, 0) is 24.5 Å². The smallest absolute Gasteiger partial charge is 0.247 e. The van der Waals surface area contributed by atoms with E-state index in [4.69, 9.17) is 0 Å². The quantitative estimate of drug-likeness (QED) is 0.470. The highest BCUT2D eigenvalue weighted by atomic mass is 32.2. The van der Waals surface area contributed by atoms with Crippen LogP contribution in [0.2, 0.25) is 0 Å². The maximum Gasteiger partial charge on any atom is 0.247 e. The molecule has 1 spiro atoms. The molecule has 6 rings (SSSR count). The topological polar surface area (TPSA) is 81.2 Å². The van der Waals surface area contributed by atoms with Crippen LogP contribution in [0, 0.1) is 11.8 Å². The molecule has 42 heavy (non-hydrogen) atoms. The molecule has 7 nitrogen and oxygen atoms in total. The second-order valence-electron chi connectivity index (χ2n) is 11.9. The highest BCUT2D eigenvalue weighted by Gasteiger charge is 2.72. The minimum absolute atomic E-state index is 0.00220. The maximum absolute atomic E-state index is 14.8. The largest absolute Gasteiger partial charge is 0.394 e. The second-order valence-corrected chi connectivity index (χ2v) is 13.3. The third-order valence-corrected chi connectivity index (χ3v) is 11.1. The van der Waals surface area contributed by atoms with Crippen LogP contribution in [0.3, 0.4) is 0 Å². The summed E-state index contributed by atoms with van der Waals surface area (Å²) in [7, 11) is 0. The molecule has 2 saturated heterocycles. The molecule has 4 aliphatic heterocycles. The first-order chi connectivity index (χ1) is 20.4. The molecule has 4 aliphatic rings. The van der Waals surface area contributed by atoms with Crippen molar-refractivity contribution >= 4 is 29.5 Å². The molecule has 1 N–H and O–H groups in total. The van der Waals surface area contributed by atoms with Gasteiger partial charge in [0.05, 0.1) is 29.2 Å². The van der Waals surface area contributed by atoms with Crippen LogP contribution >= 0.6 is 11.8 Å². The molecule has 0 bridgehead atoms. The SMILES string of the molecule is CCCC(C)N1CC=C[C@]23S[C@@H]4C=CCN(Cc5ccccc5)C(=O)[C@@H]4[C@H]2C(=O)N([C@H](CO)c2ccccc2)C3C1=O. The minimum atomic E-state index is -0.915. The van der Waals surface area contributed by atoms with Crippen molar-refractivity contribution in [2.45, 2.75) is 61.4 Å². The average molecular weight is 586 g/mol. The lowest BCUT2D eigenvalue weighted by molar-refractivity contribution is -0.147. The van der Waals surface area contributed by atoms with Crippen molar-refractivity contribution in [3.8, 4) is 0 Å². The Kier molecular flexibility index (Phi) is 8.03. The summed E-state index contributed by atoms with van der Waals surface area (Å²) in [4.78, 5) is 49.1. The van der Waals surface area contributed by atoms with Crippen LogP contribution in [-0.2, 0) is 20.9 Å². The van der Waals surface area contributed by atoms with Crippen LogP contribution in [0.4, 0.5) is 0 Å². The third kappa shape index (κ3) is 4.69. The maximum atomic E-state index is 14.8. The molecule has 2 aromatic rings. The molecule has 0 radical (unpaired) electrons. The van der Waals surface area contributed by atoms with Gasteiger partial charge in [0.15, 0.2) is 0 Å². The molecule has 0 aromatic heterocycles. The number of carbonyl (C=O) groups is 3. The fraction of sp³-hybridized carbons (Fsp3) is 0.441. The van der Waals surface area contributed by atoms with Crippen molar-refractivity contribution in [2.24, 2.45) is 11.8 Å². The summed E-state index contributed by atoms with van der Waals surface area (Å²) in [6.45, 7) is 5.24.